The van der Waals surface area contributed by atoms with Crippen molar-refractivity contribution in [3.63, 3.8) is 0 Å². The predicted octanol–water partition coefficient (Wildman–Crippen LogP) is 1.51. The van der Waals surface area contributed by atoms with Gasteiger partial charge in [-0.15, -0.1) is 0 Å². The van der Waals surface area contributed by atoms with Crippen LogP contribution in [0.1, 0.15) is 6.42 Å². The van der Waals surface area contributed by atoms with E-state index in [2.05, 4.69) is 10.6 Å². The standard InChI is InChI=1S/C11H9FN2O3S/c12-6-1-3-7(4-2-6)13-9(15)5-8-10(16)14-11(17)18-8/h1-4,8H,5H2,(H,13,15)(H,14,16,17)/t8-/m1/s1. The van der Waals surface area contributed by atoms with Crippen molar-refractivity contribution in [2.24, 2.45) is 0 Å². The molecule has 1 aliphatic heterocycles. The van der Waals surface area contributed by atoms with Crippen LogP contribution in [-0.4, -0.2) is 22.3 Å². The van der Waals surface area contributed by atoms with E-state index in [0.717, 1.165) is 11.8 Å². The minimum Gasteiger partial charge on any atom is -0.326 e. The van der Waals surface area contributed by atoms with Gasteiger partial charge in [-0.1, -0.05) is 11.8 Å². The molecule has 2 N–H and O–H groups in total. The van der Waals surface area contributed by atoms with Crippen LogP contribution in [0.15, 0.2) is 24.3 Å². The van der Waals surface area contributed by atoms with E-state index in [1.165, 1.54) is 24.3 Å². The Bertz CT molecular complexity index is 504. The van der Waals surface area contributed by atoms with Crippen molar-refractivity contribution < 1.29 is 18.8 Å². The normalized spacial score (nSPS) is 18.6. The zero-order valence-electron chi connectivity index (χ0n) is 9.10. The number of carbonyl (C=O) groups excluding carboxylic acids is 3. The first-order chi connectivity index (χ1) is 8.54. The SMILES string of the molecule is O=C(C[C@H]1SC(=O)NC1=O)Nc1ccc(F)cc1. The molecule has 0 bridgehead atoms. The van der Waals surface area contributed by atoms with Crippen LogP contribution in [-0.2, 0) is 9.59 Å². The lowest BCUT2D eigenvalue weighted by molar-refractivity contribution is -0.122. The highest BCUT2D eigenvalue weighted by molar-refractivity contribution is 8.15. The fourth-order valence-corrected chi connectivity index (χ4v) is 2.26. The van der Waals surface area contributed by atoms with Crippen LogP contribution >= 0.6 is 11.8 Å². The van der Waals surface area contributed by atoms with Gasteiger partial charge < -0.3 is 5.32 Å². The summed E-state index contributed by atoms with van der Waals surface area (Å²) in [5.74, 6) is -1.26. The monoisotopic (exact) mass is 268 g/mol. The average Bonchev–Trinajstić information content (AvgIpc) is 2.61. The van der Waals surface area contributed by atoms with Crippen molar-refractivity contribution in [2.45, 2.75) is 11.7 Å². The maximum absolute atomic E-state index is 12.6. The molecule has 1 atom stereocenters. The highest BCUT2D eigenvalue weighted by Gasteiger charge is 2.33. The van der Waals surface area contributed by atoms with Crippen molar-refractivity contribution in [2.75, 3.05) is 5.32 Å². The Hall–Kier alpha value is -1.89. The largest absolute Gasteiger partial charge is 0.326 e. The minimum absolute atomic E-state index is 0.0976. The zero-order valence-corrected chi connectivity index (χ0v) is 9.92. The number of nitrogens with one attached hydrogen (secondary N) is 2. The van der Waals surface area contributed by atoms with Crippen molar-refractivity contribution in [3.8, 4) is 0 Å². The summed E-state index contributed by atoms with van der Waals surface area (Å²) in [4.78, 5) is 33.7. The van der Waals surface area contributed by atoms with Gasteiger partial charge in [0.15, 0.2) is 0 Å². The smallest absolute Gasteiger partial charge is 0.286 e. The number of imide groups is 1. The number of halogens is 1. The van der Waals surface area contributed by atoms with Gasteiger partial charge in [0, 0.05) is 12.1 Å². The van der Waals surface area contributed by atoms with E-state index < -0.39 is 28.1 Å². The molecule has 5 nitrogen and oxygen atoms in total. The molecule has 3 amide bonds. The van der Waals surface area contributed by atoms with E-state index in [0.29, 0.717) is 5.69 Å². The fraction of sp³-hybridized carbons (Fsp3) is 0.182. The number of hydrogen-bond donors (Lipinski definition) is 2. The number of benzene rings is 1. The molecular weight excluding hydrogens is 259 g/mol. The molecule has 94 valence electrons. The summed E-state index contributed by atoms with van der Waals surface area (Å²) in [6.45, 7) is 0. The molecule has 7 heteroatoms. The molecule has 18 heavy (non-hydrogen) atoms. The molecular formula is C11H9FN2O3S. The van der Waals surface area contributed by atoms with E-state index in [4.69, 9.17) is 0 Å². The summed E-state index contributed by atoms with van der Waals surface area (Å²) in [5.41, 5.74) is 0.441. The first-order valence-corrected chi connectivity index (χ1v) is 5.99. The third-order valence-corrected chi connectivity index (χ3v) is 3.25. The van der Waals surface area contributed by atoms with Gasteiger partial charge in [0.1, 0.15) is 11.1 Å². The van der Waals surface area contributed by atoms with Gasteiger partial charge in [-0.3, -0.25) is 19.7 Å². The van der Waals surface area contributed by atoms with Crippen LogP contribution in [0.2, 0.25) is 0 Å². The van der Waals surface area contributed by atoms with E-state index in [-0.39, 0.29) is 6.42 Å². The van der Waals surface area contributed by atoms with Crippen LogP contribution in [0.3, 0.4) is 0 Å². The van der Waals surface area contributed by atoms with Crippen LogP contribution < -0.4 is 10.6 Å². The topological polar surface area (TPSA) is 75.3 Å². The lowest BCUT2D eigenvalue weighted by Crippen LogP contribution is -2.27. The minimum atomic E-state index is -0.696. The van der Waals surface area contributed by atoms with E-state index in [1.807, 2.05) is 0 Å². The Kier molecular flexibility index (Phi) is 3.61. The van der Waals surface area contributed by atoms with Crippen molar-refractivity contribution in [1.29, 1.82) is 0 Å². The van der Waals surface area contributed by atoms with Crippen LogP contribution in [0.5, 0.6) is 0 Å². The second-order valence-electron chi connectivity index (χ2n) is 3.64. The molecule has 1 aromatic rings. The second-order valence-corrected chi connectivity index (χ2v) is 4.82. The zero-order chi connectivity index (χ0) is 13.1. The Morgan fingerprint density at radius 2 is 2.00 bits per heavy atom. The number of thioether (sulfide) groups is 1. The molecule has 1 aliphatic rings. The molecule has 2 rings (SSSR count). The van der Waals surface area contributed by atoms with Gasteiger partial charge in [-0.05, 0) is 24.3 Å². The van der Waals surface area contributed by atoms with Crippen molar-refractivity contribution in [3.05, 3.63) is 30.1 Å². The first kappa shape index (κ1) is 12.6. The predicted molar refractivity (Wildman–Crippen MR) is 64.6 cm³/mol. The van der Waals surface area contributed by atoms with Crippen LogP contribution in [0.4, 0.5) is 14.9 Å². The Morgan fingerprint density at radius 1 is 1.33 bits per heavy atom. The van der Waals surface area contributed by atoms with Gasteiger partial charge in [0.2, 0.25) is 11.8 Å². The number of carbonyl (C=O) groups is 3. The van der Waals surface area contributed by atoms with Gasteiger partial charge in [0.25, 0.3) is 5.24 Å². The van der Waals surface area contributed by atoms with E-state index in [1.54, 1.807) is 0 Å². The molecule has 0 radical (unpaired) electrons. The summed E-state index contributed by atoms with van der Waals surface area (Å²) in [5, 5.41) is 3.48. The molecule has 0 aliphatic carbocycles. The highest BCUT2D eigenvalue weighted by atomic mass is 32.2. The summed E-state index contributed by atoms with van der Waals surface area (Å²) in [6, 6.07) is 5.27. The van der Waals surface area contributed by atoms with Crippen LogP contribution in [0, 0.1) is 5.82 Å². The van der Waals surface area contributed by atoms with Crippen molar-refractivity contribution >= 4 is 34.5 Å². The molecule has 1 fully saturated rings. The summed E-state index contributed by atoms with van der Waals surface area (Å²) in [7, 11) is 0. The summed E-state index contributed by atoms with van der Waals surface area (Å²) >= 11 is 0.795. The Morgan fingerprint density at radius 3 is 2.56 bits per heavy atom. The Balaban J connectivity index is 1.91. The van der Waals surface area contributed by atoms with E-state index in [9.17, 15) is 18.8 Å². The number of amides is 3. The van der Waals surface area contributed by atoms with E-state index >= 15 is 0 Å². The quantitative estimate of drug-likeness (QED) is 0.871. The molecule has 0 aromatic heterocycles. The number of anilines is 1. The van der Waals surface area contributed by atoms with Gasteiger partial charge in [0.05, 0.1) is 0 Å². The first-order valence-electron chi connectivity index (χ1n) is 5.11. The molecule has 0 unspecified atom stereocenters. The average molecular weight is 268 g/mol. The fourth-order valence-electron chi connectivity index (χ4n) is 1.44. The van der Waals surface area contributed by atoms with Gasteiger partial charge >= 0.3 is 0 Å². The maximum Gasteiger partial charge on any atom is 0.286 e. The number of hydrogen-bond acceptors (Lipinski definition) is 4. The lowest BCUT2D eigenvalue weighted by Gasteiger charge is -2.06. The maximum atomic E-state index is 12.6. The van der Waals surface area contributed by atoms with Gasteiger partial charge in [-0.25, -0.2) is 4.39 Å². The lowest BCUT2D eigenvalue weighted by atomic mass is 10.2. The molecule has 1 heterocycles. The third kappa shape index (κ3) is 3.07. The number of rotatable bonds is 3. The molecule has 1 saturated heterocycles. The third-order valence-electron chi connectivity index (χ3n) is 2.27. The Labute approximate surface area is 106 Å². The molecule has 0 saturated carbocycles. The van der Waals surface area contributed by atoms with Crippen molar-refractivity contribution in [1.82, 2.24) is 5.32 Å². The summed E-state index contributed by atoms with van der Waals surface area (Å²) < 4.78 is 12.6. The molecule has 1 aromatic carbocycles. The molecule has 0 spiro atoms. The highest BCUT2D eigenvalue weighted by Crippen LogP contribution is 2.22. The van der Waals surface area contributed by atoms with Crippen LogP contribution in [0.25, 0.3) is 0 Å². The van der Waals surface area contributed by atoms with Gasteiger partial charge in [-0.2, -0.15) is 0 Å². The summed E-state index contributed by atoms with van der Waals surface area (Å²) in [6.07, 6.45) is -0.0976. The second kappa shape index (κ2) is 5.18.